The molecule has 2 rings (SSSR count). The molecule has 2 aromatic carbocycles. The molecule has 0 saturated carbocycles. The molecule has 0 bridgehead atoms. The van der Waals surface area contributed by atoms with Crippen LogP contribution in [0.2, 0.25) is 0 Å². The molecule has 0 aliphatic carbocycles. The minimum Gasteiger partial charge on any atom is -0.494 e. The summed E-state index contributed by atoms with van der Waals surface area (Å²) in [6.07, 6.45) is 5.47. The number of fused-ring (bicyclic) bond motifs is 1. The number of benzene rings is 2. The van der Waals surface area contributed by atoms with Crippen LogP contribution in [-0.4, -0.2) is 19.1 Å². The highest BCUT2D eigenvalue weighted by Gasteiger charge is 2.01. The Hall–Kier alpha value is -1.41. The van der Waals surface area contributed by atoms with Crippen LogP contribution >= 0.6 is 11.6 Å². The molecular formula is C19H25ClO2. The van der Waals surface area contributed by atoms with Crippen LogP contribution in [0.25, 0.3) is 10.8 Å². The zero-order chi connectivity index (χ0) is 15.6. The zero-order valence-corrected chi connectivity index (χ0v) is 14.1. The highest BCUT2D eigenvalue weighted by molar-refractivity contribution is 6.17. The monoisotopic (exact) mass is 320 g/mol. The van der Waals surface area contributed by atoms with E-state index in [4.69, 9.17) is 21.1 Å². The van der Waals surface area contributed by atoms with Crippen molar-refractivity contribution in [2.45, 2.75) is 39.0 Å². The molecule has 2 aromatic rings. The first kappa shape index (κ1) is 17.0. The maximum atomic E-state index is 5.80. The van der Waals surface area contributed by atoms with Gasteiger partial charge in [0.15, 0.2) is 0 Å². The number of rotatable bonds is 10. The fourth-order valence-corrected chi connectivity index (χ4v) is 2.47. The number of halogens is 1. The van der Waals surface area contributed by atoms with Gasteiger partial charge in [0.25, 0.3) is 0 Å². The van der Waals surface area contributed by atoms with E-state index in [1.165, 1.54) is 10.8 Å². The van der Waals surface area contributed by atoms with Gasteiger partial charge >= 0.3 is 0 Å². The van der Waals surface area contributed by atoms with E-state index in [2.05, 4.69) is 31.2 Å². The zero-order valence-electron chi connectivity index (χ0n) is 13.3. The molecule has 0 heterocycles. The molecule has 0 aromatic heterocycles. The highest BCUT2D eigenvalue weighted by Crippen LogP contribution is 2.25. The predicted octanol–water partition coefficient (Wildman–Crippen LogP) is 5.81. The van der Waals surface area contributed by atoms with Crippen molar-refractivity contribution >= 4 is 22.4 Å². The lowest BCUT2D eigenvalue weighted by molar-refractivity contribution is 0.306. The van der Waals surface area contributed by atoms with Crippen molar-refractivity contribution in [2.24, 2.45) is 0 Å². The third-order valence-corrected chi connectivity index (χ3v) is 3.86. The second kappa shape index (κ2) is 9.58. The van der Waals surface area contributed by atoms with E-state index in [1.807, 2.05) is 12.1 Å². The van der Waals surface area contributed by atoms with Gasteiger partial charge in [0, 0.05) is 5.88 Å². The Kier molecular flexibility index (Phi) is 7.38. The first-order chi connectivity index (χ1) is 10.8. The lowest BCUT2D eigenvalue weighted by Crippen LogP contribution is -1.98. The summed E-state index contributed by atoms with van der Waals surface area (Å²) in [4.78, 5) is 0. The highest BCUT2D eigenvalue weighted by atomic mass is 35.5. The molecular weight excluding hydrogens is 296 g/mol. The molecule has 0 aliphatic rings. The summed E-state index contributed by atoms with van der Waals surface area (Å²) in [5.41, 5.74) is 0. The fourth-order valence-electron chi connectivity index (χ4n) is 2.28. The molecule has 0 fully saturated rings. The van der Waals surface area contributed by atoms with E-state index < -0.39 is 0 Å². The van der Waals surface area contributed by atoms with Crippen molar-refractivity contribution in [2.75, 3.05) is 19.1 Å². The Morgan fingerprint density at radius 1 is 0.773 bits per heavy atom. The summed E-state index contributed by atoms with van der Waals surface area (Å²) in [7, 11) is 0. The minimum absolute atomic E-state index is 0.735. The lowest BCUT2D eigenvalue weighted by Gasteiger charge is -2.09. The van der Waals surface area contributed by atoms with Gasteiger partial charge in [-0.25, -0.2) is 0 Å². The Morgan fingerprint density at radius 3 is 1.91 bits per heavy atom. The van der Waals surface area contributed by atoms with Gasteiger partial charge in [0.05, 0.1) is 13.2 Å². The molecule has 0 atom stereocenters. The largest absolute Gasteiger partial charge is 0.494 e. The third kappa shape index (κ3) is 5.42. The average Bonchev–Trinajstić information content (AvgIpc) is 2.55. The molecule has 0 radical (unpaired) electrons. The van der Waals surface area contributed by atoms with Gasteiger partial charge in [-0.1, -0.05) is 25.5 Å². The molecule has 0 N–H and O–H groups in total. The van der Waals surface area contributed by atoms with Gasteiger partial charge in [0.1, 0.15) is 11.5 Å². The summed E-state index contributed by atoms with van der Waals surface area (Å²) in [6.45, 7) is 3.70. The number of unbranched alkanes of at least 4 members (excludes halogenated alkanes) is 3. The summed E-state index contributed by atoms with van der Waals surface area (Å²) in [5, 5.41) is 2.37. The third-order valence-electron chi connectivity index (χ3n) is 3.60. The van der Waals surface area contributed by atoms with Crippen LogP contribution in [0.4, 0.5) is 0 Å². The Labute approximate surface area is 138 Å². The van der Waals surface area contributed by atoms with Crippen LogP contribution < -0.4 is 9.47 Å². The molecule has 0 spiro atoms. The van der Waals surface area contributed by atoms with E-state index in [0.29, 0.717) is 0 Å². The number of hydrogen-bond donors (Lipinski definition) is 0. The average molecular weight is 321 g/mol. The second-order valence-corrected chi connectivity index (χ2v) is 5.85. The Balaban J connectivity index is 1.91. The van der Waals surface area contributed by atoms with Gasteiger partial charge in [-0.05, 0) is 60.7 Å². The van der Waals surface area contributed by atoms with Crippen LogP contribution in [0.1, 0.15) is 39.0 Å². The minimum atomic E-state index is 0.735. The van der Waals surface area contributed by atoms with E-state index in [1.54, 1.807) is 0 Å². The number of alkyl halides is 1. The van der Waals surface area contributed by atoms with Gasteiger partial charge in [-0.2, -0.15) is 0 Å². The van der Waals surface area contributed by atoms with Crippen LogP contribution in [0.3, 0.4) is 0 Å². The molecule has 0 saturated heterocycles. The molecule has 120 valence electrons. The van der Waals surface area contributed by atoms with Gasteiger partial charge in [-0.15, -0.1) is 11.6 Å². The topological polar surface area (TPSA) is 18.5 Å². The summed E-state index contributed by atoms with van der Waals surface area (Å²) >= 11 is 5.66. The predicted molar refractivity (Wildman–Crippen MR) is 94.4 cm³/mol. The van der Waals surface area contributed by atoms with Gasteiger partial charge in [0.2, 0.25) is 0 Å². The molecule has 0 unspecified atom stereocenters. The maximum absolute atomic E-state index is 5.80. The second-order valence-electron chi connectivity index (χ2n) is 5.47. The van der Waals surface area contributed by atoms with E-state index in [9.17, 15) is 0 Å². The van der Waals surface area contributed by atoms with Crippen molar-refractivity contribution < 1.29 is 9.47 Å². The SMILES string of the molecule is CCCCOc1ccc2cc(OCCCCCCl)ccc2c1. The number of ether oxygens (including phenoxy) is 2. The fraction of sp³-hybridized carbons (Fsp3) is 0.474. The van der Waals surface area contributed by atoms with Crippen LogP contribution in [-0.2, 0) is 0 Å². The Bertz CT molecular complexity index is 568. The lowest BCUT2D eigenvalue weighted by atomic mass is 10.1. The molecule has 0 amide bonds. The van der Waals surface area contributed by atoms with Crippen molar-refractivity contribution in [3.63, 3.8) is 0 Å². The molecule has 22 heavy (non-hydrogen) atoms. The molecule has 2 nitrogen and oxygen atoms in total. The van der Waals surface area contributed by atoms with Gasteiger partial charge in [-0.3, -0.25) is 0 Å². The summed E-state index contributed by atoms with van der Waals surface area (Å²) in [6, 6.07) is 12.4. The summed E-state index contributed by atoms with van der Waals surface area (Å²) in [5.74, 6) is 2.60. The molecule has 3 heteroatoms. The van der Waals surface area contributed by atoms with Crippen molar-refractivity contribution in [1.82, 2.24) is 0 Å². The first-order valence-electron chi connectivity index (χ1n) is 8.19. The smallest absolute Gasteiger partial charge is 0.119 e. The van der Waals surface area contributed by atoms with Crippen LogP contribution in [0, 0.1) is 0 Å². The maximum Gasteiger partial charge on any atom is 0.119 e. The Morgan fingerprint density at radius 2 is 1.36 bits per heavy atom. The van der Waals surface area contributed by atoms with Crippen molar-refractivity contribution in [1.29, 1.82) is 0 Å². The van der Waals surface area contributed by atoms with E-state index in [-0.39, 0.29) is 0 Å². The first-order valence-corrected chi connectivity index (χ1v) is 8.72. The molecule has 0 aliphatic heterocycles. The quantitative estimate of drug-likeness (QED) is 0.406. The normalized spacial score (nSPS) is 10.8. The van der Waals surface area contributed by atoms with Crippen LogP contribution in [0.15, 0.2) is 36.4 Å². The number of hydrogen-bond acceptors (Lipinski definition) is 2. The summed E-state index contributed by atoms with van der Waals surface area (Å²) < 4.78 is 11.5. The van der Waals surface area contributed by atoms with Crippen LogP contribution in [0.5, 0.6) is 11.5 Å². The van der Waals surface area contributed by atoms with E-state index >= 15 is 0 Å². The standard InChI is InChI=1S/C19H25ClO2/c1-2-3-12-21-18-9-7-17-15-19(10-8-16(17)14-18)22-13-6-4-5-11-20/h7-10,14-15H,2-6,11-13H2,1H3. The van der Waals surface area contributed by atoms with E-state index in [0.717, 1.165) is 62.7 Å². The van der Waals surface area contributed by atoms with Crippen molar-refractivity contribution in [3.05, 3.63) is 36.4 Å². The van der Waals surface area contributed by atoms with Crippen molar-refractivity contribution in [3.8, 4) is 11.5 Å². The van der Waals surface area contributed by atoms with Gasteiger partial charge < -0.3 is 9.47 Å².